The van der Waals surface area contributed by atoms with Crippen LogP contribution in [-0.4, -0.2) is 64.3 Å². The number of ether oxygens (including phenoxy) is 1. The molecule has 1 aromatic carbocycles. The summed E-state index contributed by atoms with van der Waals surface area (Å²) in [6.07, 6.45) is 8.92. The number of H-pyrrole nitrogens is 1. The molecule has 0 spiro atoms. The van der Waals surface area contributed by atoms with Gasteiger partial charge in [0.05, 0.1) is 24.6 Å². The maximum absolute atomic E-state index is 12.5. The second-order valence-corrected chi connectivity index (χ2v) is 11.7. The summed E-state index contributed by atoms with van der Waals surface area (Å²) in [5, 5.41) is 1.36. The van der Waals surface area contributed by atoms with Crippen molar-refractivity contribution in [3.63, 3.8) is 0 Å². The lowest BCUT2D eigenvalue weighted by Crippen LogP contribution is -2.49. The Morgan fingerprint density at radius 3 is 2.81 bits per heavy atom. The molecule has 0 radical (unpaired) electrons. The summed E-state index contributed by atoms with van der Waals surface area (Å²) in [4.78, 5) is 14.0. The van der Waals surface area contributed by atoms with Gasteiger partial charge in [-0.15, -0.1) is 0 Å². The van der Waals surface area contributed by atoms with Gasteiger partial charge in [-0.1, -0.05) is 18.2 Å². The summed E-state index contributed by atoms with van der Waals surface area (Å²) in [7, 11) is 0. The summed E-state index contributed by atoms with van der Waals surface area (Å²) in [6.45, 7) is 4.85. The Bertz CT molecular complexity index is 1220. The smallest absolute Gasteiger partial charge is 0.138 e. The molecule has 3 aromatic rings. The molecule has 4 heterocycles. The number of benzene rings is 1. The van der Waals surface area contributed by atoms with Crippen molar-refractivity contribution in [2.45, 2.75) is 69.7 Å². The molecular weight excluding hydrogens is 451 g/mol. The van der Waals surface area contributed by atoms with E-state index in [1.165, 1.54) is 41.4 Å². The summed E-state index contributed by atoms with van der Waals surface area (Å²) in [5.41, 5.74) is 5.14. The number of aromatic nitrogens is 2. The average Bonchev–Trinajstić information content (AvgIpc) is 3.65. The predicted octanol–water partition coefficient (Wildman–Crippen LogP) is 5.51. The lowest BCUT2D eigenvalue weighted by molar-refractivity contribution is 0.0694. The first-order valence-corrected chi connectivity index (χ1v) is 14.0. The Kier molecular flexibility index (Phi) is 5.77. The van der Waals surface area contributed by atoms with Crippen molar-refractivity contribution in [3.05, 3.63) is 59.5 Å². The predicted molar refractivity (Wildman–Crippen MR) is 140 cm³/mol. The third-order valence-corrected chi connectivity index (χ3v) is 9.38. The maximum Gasteiger partial charge on any atom is 0.138 e. The number of pyridine rings is 1. The largest absolute Gasteiger partial charge is 0.487 e. The zero-order chi connectivity index (χ0) is 24.2. The first kappa shape index (κ1) is 22.7. The van der Waals surface area contributed by atoms with Gasteiger partial charge in [0.2, 0.25) is 0 Å². The van der Waals surface area contributed by atoms with Gasteiger partial charge in [-0.3, -0.25) is 19.2 Å². The molecule has 1 N–H and O–H groups in total. The van der Waals surface area contributed by atoms with Crippen LogP contribution < -0.4 is 4.74 Å². The molecule has 2 bridgehead atoms. The number of hydrogen-bond acceptors (Lipinski definition) is 4. The molecule has 6 heteroatoms. The third kappa shape index (κ3) is 3.84. The van der Waals surface area contributed by atoms with E-state index in [9.17, 15) is 4.39 Å². The van der Waals surface area contributed by atoms with Crippen molar-refractivity contribution < 1.29 is 9.13 Å². The van der Waals surface area contributed by atoms with Crippen molar-refractivity contribution in [1.82, 2.24) is 19.8 Å². The fraction of sp³-hybridized carbons (Fsp3) is 0.567. The quantitative estimate of drug-likeness (QED) is 0.476. The normalized spacial score (nSPS) is 32.1. The van der Waals surface area contributed by atoms with Gasteiger partial charge < -0.3 is 9.72 Å². The SMILES string of the molecule is C[C@@H]1Cc2c([nH]c3ccccc23)[C@@H](c2ccc(O[C@H]3CCN(CCCF)C3)cn2)N1C1CC2CC1C2. The highest BCUT2D eigenvalue weighted by Gasteiger charge is 2.51. The van der Waals surface area contributed by atoms with Crippen molar-refractivity contribution in [2.24, 2.45) is 11.8 Å². The summed E-state index contributed by atoms with van der Waals surface area (Å²) < 4.78 is 18.8. The van der Waals surface area contributed by atoms with E-state index in [1.54, 1.807) is 0 Å². The molecule has 3 aliphatic carbocycles. The lowest BCUT2D eigenvalue weighted by atomic mass is 9.82. The zero-order valence-electron chi connectivity index (χ0n) is 21.2. The Hall–Kier alpha value is -2.44. The van der Waals surface area contributed by atoms with Crippen molar-refractivity contribution >= 4 is 10.9 Å². The first-order chi connectivity index (χ1) is 17.7. The van der Waals surface area contributed by atoms with Gasteiger partial charge in [-0.2, -0.15) is 0 Å². The molecule has 1 saturated heterocycles. The Balaban J connectivity index is 1.18. The van der Waals surface area contributed by atoms with E-state index < -0.39 is 0 Å². The Morgan fingerprint density at radius 1 is 1.14 bits per heavy atom. The fourth-order valence-corrected chi connectivity index (χ4v) is 7.69. The molecule has 5 nitrogen and oxygen atoms in total. The minimum atomic E-state index is -0.245. The van der Waals surface area contributed by atoms with E-state index in [0.717, 1.165) is 55.8 Å². The molecule has 36 heavy (non-hydrogen) atoms. The molecule has 2 aliphatic heterocycles. The van der Waals surface area contributed by atoms with Gasteiger partial charge in [-0.05, 0) is 81.0 Å². The molecule has 3 saturated carbocycles. The number of aromatic amines is 1. The van der Waals surface area contributed by atoms with Crippen LogP contribution in [0, 0.1) is 11.8 Å². The van der Waals surface area contributed by atoms with Crippen molar-refractivity contribution in [3.8, 4) is 5.75 Å². The van der Waals surface area contributed by atoms with E-state index in [1.807, 2.05) is 6.20 Å². The molecule has 8 rings (SSSR count). The third-order valence-electron chi connectivity index (χ3n) is 9.38. The van der Waals surface area contributed by atoms with Crippen molar-refractivity contribution in [1.29, 1.82) is 0 Å². The molecule has 5 aliphatic rings. The topological polar surface area (TPSA) is 44.4 Å². The number of nitrogens with zero attached hydrogens (tertiary/aromatic N) is 3. The van der Waals surface area contributed by atoms with Crippen LogP contribution >= 0.6 is 0 Å². The minimum absolute atomic E-state index is 0.150. The van der Waals surface area contributed by atoms with Crippen LogP contribution in [0.5, 0.6) is 5.75 Å². The first-order valence-electron chi connectivity index (χ1n) is 14.0. The van der Waals surface area contributed by atoms with E-state index in [0.29, 0.717) is 18.5 Å². The lowest BCUT2D eigenvalue weighted by Gasteiger charge is -2.45. The highest BCUT2D eigenvalue weighted by Crippen LogP contribution is 2.54. The summed E-state index contributed by atoms with van der Waals surface area (Å²) in [5.74, 6) is 2.61. The number of likely N-dealkylation sites (tertiary alicyclic amines) is 1. The van der Waals surface area contributed by atoms with Gasteiger partial charge in [0.1, 0.15) is 11.9 Å². The average molecular weight is 489 g/mol. The number of fused-ring (bicyclic) bond motifs is 4. The Morgan fingerprint density at radius 2 is 2.03 bits per heavy atom. The van der Waals surface area contributed by atoms with Crippen LogP contribution in [0.25, 0.3) is 10.9 Å². The standard InChI is InChI=1S/C30H37FN4O/c1-19-13-25-24-5-2-3-6-26(24)33-29(25)30(35(19)28-16-20-14-21(28)15-20)27-8-7-22(17-32-27)36-23-9-12-34(18-23)11-4-10-31/h2-3,5-8,17,19-21,23,28,30,33H,4,9-16,18H2,1H3/t19-,20?,21?,23+,28?,30-/m1/s1. The number of rotatable bonds is 7. The summed E-state index contributed by atoms with van der Waals surface area (Å²) >= 11 is 0. The number of halogens is 1. The summed E-state index contributed by atoms with van der Waals surface area (Å²) in [6, 6.07) is 14.3. The minimum Gasteiger partial charge on any atom is -0.487 e. The molecule has 0 amide bonds. The van der Waals surface area contributed by atoms with E-state index in [-0.39, 0.29) is 18.8 Å². The van der Waals surface area contributed by atoms with E-state index in [4.69, 9.17) is 9.72 Å². The molecule has 4 atom stereocenters. The second kappa shape index (κ2) is 9.14. The molecule has 190 valence electrons. The second-order valence-electron chi connectivity index (χ2n) is 11.7. The van der Waals surface area contributed by atoms with Gasteiger partial charge in [0.25, 0.3) is 0 Å². The van der Waals surface area contributed by atoms with Gasteiger partial charge in [0, 0.05) is 48.3 Å². The van der Waals surface area contributed by atoms with Crippen LogP contribution in [0.3, 0.4) is 0 Å². The van der Waals surface area contributed by atoms with Crippen LogP contribution in [0.1, 0.15) is 62.0 Å². The number of hydrogen-bond donors (Lipinski definition) is 1. The maximum atomic E-state index is 12.5. The molecule has 2 aromatic heterocycles. The fourth-order valence-electron chi connectivity index (χ4n) is 7.69. The van der Waals surface area contributed by atoms with Gasteiger partial charge >= 0.3 is 0 Å². The van der Waals surface area contributed by atoms with Crippen LogP contribution in [0.4, 0.5) is 4.39 Å². The van der Waals surface area contributed by atoms with Gasteiger partial charge in [0.15, 0.2) is 0 Å². The molecule has 4 fully saturated rings. The van der Waals surface area contributed by atoms with Gasteiger partial charge in [-0.25, -0.2) is 0 Å². The zero-order valence-corrected chi connectivity index (χ0v) is 21.2. The number of para-hydroxylation sites is 1. The van der Waals surface area contributed by atoms with E-state index in [2.05, 4.69) is 58.1 Å². The van der Waals surface area contributed by atoms with Crippen LogP contribution in [-0.2, 0) is 6.42 Å². The monoisotopic (exact) mass is 488 g/mol. The van der Waals surface area contributed by atoms with Crippen molar-refractivity contribution in [2.75, 3.05) is 26.3 Å². The van der Waals surface area contributed by atoms with Crippen LogP contribution in [0.2, 0.25) is 0 Å². The van der Waals surface area contributed by atoms with Crippen LogP contribution in [0.15, 0.2) is 42.6 Å². The number of alkyl halides is 1. The highest BCUT2D eigenvalue weighted by atomic mass is 19.1. The highest BCUT2D eigenvalue weighted by molar-refractivity contribution is 5.85. The molecular formula is C30H37FN4O. The number of nitrogens with one attached hydrogen (secondary N) is 1. The Labute approximate surface area is 213 Å². The molecule has 1 unspecified atom stereocenters. The van der Waals surface area contributed by atoms with E-state index >= 15 is 0 Å².